The molecule has 0 aliphatic rings. The molecule has 0 aliphatic heterocycles. The van der Waals surface area contributed by atoms with Crippen molar-refractivity contribution in [1.82, 2.24) is 14.8 Å². The van der Waals surface area contributed by atoms with Gasteiger partial charge >= 0.3 is 0 Å². The predicted octanol–water partition coefficient (Wildman–Crippen LogP) is 4.20. The molecule has 4 rings (SSSR count). The maximum atomic E-state index is 12.7. The topological polar surface area (TPSA) is 69.0 Å². The summed E-state index contributed by atoms with van der Waals surface area (Å²) in [4.78, 5) is 16.9. The van der Waals surface area contributed by atoms with Crippen molar-refractivity contribution in [3.05, 3.63) is 90.8 Å². The summed E-state index contributed by atoms with van der Waals surface area (Å²) in [5, 5.41) is 7.22. The molecular weight excluding hydrogens is 352 g/mol. The van der Waals surface area contributed by atoms with E-state index in [-0.39, 0.29) is 5.91 Å². The first kappa shape index (κ1) is 17.5. The number of pyridine rings is 1. The smallest absolute Gasteiger partial charge is 0.256 e. The summed E-state index contributed by atoms with van der Waals surface area (Å²) in [5.41, 5.74) is 3.29. The third kappa shape index (κ3) is 3.48. The zero-order valence-corrected chi connectivity index (χ0v) is 15.2. The van der Waals surface area contributed by atoms with Gasteiger partial charge in [-0.05, 0) is 36.4 Å². The molecule has 0 atom stereocenters. The van der Waals surface area contributed by atoms with Gasteiger partial charge in [-0.3, -0.25) is 4.79 Å². The highest BCUT2D eigenvalue weighted by Gasteiger charge is 2.13. The van der Waals surface area contributed by atoms with Gasteiger partial charge in [0.15, 0.2) is 11.6 Å². The molecule has 0 unspecified atom stereocenters. The molecule has 0 fully saturated rings. The molecule has 1 N–H and O–H groups in total. The number of hydrogen-bond acceptors (Lipinski definition) is 4. The Morgan fingerprint density at radius 3 is 2.64 bits per heavy atom. The number of aromatic nitrogens is 3. The van der Waals surface area contributed by atoms with Gasteiger partial charge in [-0.15, -0.1) is 0 Å². The normalized spacial score (nSPS) is 10.5. The van der Waals surface area contributed by atoms with Gasteiger partial charge in [-0.25, -0.2) is 9.67 Å². The average Bonchev–Trinajstić information content (AvgIpc) is 3.25. The van der Waals surface area contributed by atoms with Crippen LogP contribution >= 0.6 is 0 Å². The van der Waals surface area contributed by atoms with E-state index in [0.717, 1.165) is 16.9 Å². The van der Waals surface area contributed by atoms with Crippen molar-refractivity contribution < 1.29 is 9.53 Å². The number of carbonyl (C=O) groups excluding carboxylic acids is 1. The molecule has 6 heteroatoms. The number of carbonyl (C=O) groups is 1. The molecule has 0 spiro atoms. The summed E-state index contributed by atoms with van der Waals surface area (Å²) in [6.07, 6.45) is 3.35. The van der Waals surface area contributed by atoms with E-state index in [1.54, 1.807) is 36.7 Å². The van der Waals surface area contributed by atoms with Gasteiger partial charge < -0.3 is 10.1 Å². The minimum absolute atomic E-state index is 0.271. The SMILES string of the molecule is COc1cccnc1NC(=O)c1cccc(-n2nccc2-c2ccccc2)c1. The van der Waals surface area contributed by atoms with Crippen molar-refractivity contribution in [1.29, 1.82) is 0 Å². The summed E-state index contributed by atoms with van der Waals surface area (Å²) in [7, 11) is 1.54. The van der Waals surface area contributed by atoms with Crippen LogP contribution in [0.4, 0.5) is 5.82 Å². The lowest BCUT2D eigenvalue weighted by Crippen LogP contribution is -2.14. The Morgan fingerprint density at radius 1 is 0.964 bits per heavy atom. The highest BCUT2D eigenvalue weighted by Crippen LogP contribution is 2.24. The van der Waals surface area contributed by atoms with Crippen LogP contribution in [0.5, 0.6) is 5.75 Å². The van der Waals surface area contributed by atoms with Crippen LogP contribution in [0.1, 0.15) is 10.4 Å². The van der Waals surface area contributed by atoms with Crippen LogP contribution in [0.3, 0.4) is 0 Å². The van der Waals surface area contributed by atoms with Gasteiger partial charge in [0.05, 0.1) is 24.7 Å². The second-order valence-electron chi connectivity index (χ2n) is 6.05. The van der Waals surface area contributed by atoms with E-state index in [2.05, 4.69) is 15.4 Å². The van der Waals surface area contributed by atoms with E-state index < -0.39 is 0 Å². The third-order valence-electron chi connectivity index (χ3n) is 4.29. The molecule has 6 nitrogen and oxygen atoms in total. The van der Waals surface area contributed by atoms with E-state index in [0.29, 0.717) is 17.1 Å². The van der Waals surface area contributed by atoms with Crippen LogP contribution in [-0.4, -0.2) is 27.8 Å². The van der Waals surface area contributed by atoms with Crippen LogP contribution in [-0.2, 0) is 0 Å². The van der Waals surface area contributed by atoms with E-state index in [4.69, 9.17) is 4.74 Å². The van der Waals surface area contributed by atoms with Crippen molar-refractivity contribution in [2.75, 3.05) is 12.4 Å². The van der Waals surface area contributed by atoms with Crippen LogP contribution in [0.25, 0.3) is 16.9 Å². The van der Waals surface area contributed by atoms with Gasteiger partial charge in [-0.1, -0.05) is 36.4 Å². The van der Waals surface area contributed by atoms with Crippen molar-refractivity contribution in [2.45, 2.75) is 0 Å². The molecule has 1 amide bonds. The number of nitrogens with zero attached hydrogens (tertiary/aromatic N) is 3. The fourth-order valence-corrected chi connectivity index (χ4v) is 2.94. The molecule has 28 heavy (non-hydrogen) atoms. The molecular formula is C22H18N4O2. The largest absolute Gasteiger partial charge is 0.493 e. The summed E-state index contributed by atoms with van der Waals surface area (Å²) < 4.78 is 7.05. The minimum atomic E-state index is -0.271. The van der Waals surface area contributed by atoms with E-state index in [9.17, 15) is 4.79 Å². The van der Waals surface area contributed by atoms with Crippen molar-refractivity contribution >= 4 is 11.7 Å². The highest BCUT2D eigenvalue weighted by atomic mass is 16.5. The maximum absolute atomic E-state index is 12.7. The quantitative estimate of drug-likeness (QED) is 0.572. The van der Waals surface area contributed by atoms with Gasteiger partial charge in [-0.2, -0.15) is 5.10 Å². The number of anilines is 1. The van der Waals surface area contributed by atoms with Crippen molar-refractivity contribution in [3.63, 3.8) is 0 Å². The Labute approximate surface area is 162 Å². The second-order valence-corrected chi connectivity index (χ2v) is 6.05. The number of nitrogens with one attached hydrogen (secondary N) is 1. The number of methoxy groups -OCH3 is 1. The monoisotopic (exact) mass is 370 g/mol. The fraction of sp³-hybridized carbons (Fsp3) is 0.0455. The Hall–Kier alpha value is -3.93. The van der Waals surface area contributed by atoms with Crippen LogP contribution in [0.2, 0.25) is 0 Å². The lowest BCUT2D eigenvalue weighted by molar-refractivity contribution is 0.102. The van der Waals surface area contributed by atoms with Gasteiger partial charge in [0.1, 0.15) is 0 Å². The van der Waals surface area contributed by atoms with Crippen molar-refractivity contribution in [3.8, 4) is 22.7 Å². The summed E-state index contributed by atoms with van der Waals surface area (Å²) in [6.45, 7) is 0. The van der Waals surface area contributed by atoms with Crippen LogP contribution in [0, 0.1) is 0 Å². The lowest BCUT2D eigenvalue weighted by Gasteiger charge is -2.11. The summed E-state index contributed by atoms with van der Waals surface area (Å²) in [6, 6.07) is 22.7. The second kappa shape index (κ2) is 7.75. The molecule has 0 saturated heterocycles. The number of benzene rings is 2. The van der Waals surface area contributed by atoms with E-state index >= 15 is 0 Å². The fourth-order valence-electron chi connectivity index (χ4n) is 2.94. The predicted molar refractivity (Wildman–Crippen MR) is 108 cm³/mol. The molecule has 138 valence electrons. The molecule has 2 aromatic carbocycles. The zero-order valence-electron chi connectivity index (χ0n) is 15.2. The van der Waals surface area contributed by atoms with Crippen molar-refractivity contribution in [2.24, 2.45) is 0 Å². The van der Waals surface area contributed by atoms with Crippen LogP contribution < -0.4 is 10.1 Å². The first-order chi connectivity index (χ1) is 13.8. The summed E-state index contributed by atoms with van der Waals surface area (Å²) >= 11 is 0. The molecule has 0 radical (unpaired) electrons. The number of hydrogen-bond donors (Lipinski definition) is 1. The Balaban J connectivity index is 1.64. The zero-order chi connectivity index (χ0) is 19.3. The third-order valence-corrected chi connectivity index (χ3v) is 4.29. The first-order valence-electron chi connectivity index (χ1n) is 8.76. The molecule has 4 aromatic rings. The minimum Gasteiger partial charge on any atom is -0.493 e. The molecule has 0 saturated carbocycles. The Morgan fingerprint density at radius 2 is 1.82 bits per heavy atom. The standard InChI is InChI=1S/C22H18N4O2/c1-28-20-11-6-13-23-21(20)25-22(27)17-9-5-10-18(15-17)26-19(12-14-24-26)16-7-3-2-4-8-16/h2-15H,1H3,(H,23,25,27). The van der Waals surface area contributed by atoms with E-state index in [1.165, 1.54) is 7.11 Å². The Bertz CT molecular complexity index is 1110. The number of ether oxygens (including phenoxy) is 1. The number of amides is 1. The average molecular weight is 370 g/mol. The maximum Gasteiger partial charge on any atom is 0.256 e. The Kier molecular flexibility index (Phi) is 4.84. The summed E-state index contributed by atoms with van der Waals surface area (Å²) in [5.74, 6) is 0.613. The highest BCUT2D eigenvalue weighted by molar-refractivity contribution is 6.04. The molecule has 2 heterocycles. The van der Waals surface area contributed by atoms with Crippen LogP contribution in [0.15, 0.2) is 85.2 Å². The number of rotatable bonds is 5. The lowest BCUT2D eigenvalue weighted by atomic mass is 10.1. The first-order valence-corrected chi connectivity index (χ1v) is 8.76. The molecule has 0 bridgehead atoms. The van der Waals surface area contributed by atoms with Gasteiger partial charge in [0.25, 0.3) is 5.91 Å². The molecule has 2 aromatic heterocycles. The molecule has 0 aliphatic carbocycles. The van der Waals surface area contributed by atoms with Gasteiger partial charge in [0.2, 0.25) is 0 Å². The van der Waals surface area contributed by atoms with Gasteiger partial charge in [0, 0.05) is 17.3 Å². The van der Waals surface area contributed by atoms with E-state index in [1.807, 2.05) is 53.2 Å².